The second-order valence-electron chi connectivity index (χ2n) is 7.47. The summed E-state index contributed by atoms with van der Waals surface area (Å²) in [4.78, 5) is 12.6. The molecule has 0 unspecified atom stereocenters. The highest BCUT2D eigenvalue weighted by molar-refractivity contribution is 7.99. The maximum absolute atomic E-state index is 12.6. The summed E-state index contributed by atoms with van der Waals surface area (Å²) in [6, 6.07) is 19.9. The quantitative estimate of drug-likeness (QED) is 0.260. The molecule has 0 fully saturated rings. The molecule has 0 saturated heterocycles. The fraction of sp³-hybridized carbons (Fsp3) is 0.160. The van der Waals surface area contributed by atoms with Crippen molar-refractivity contribution < 1.29 is 14.3 Å². The van der Waals surface area contributed by atoms with Crippen LogP contribution in [0.2, 0.25) is 10.0 Å². The van der Waals surface area contributed by atoms with Crippen LogP contribution in [0.4, 0.5) is 5.69 Å². The van der Waals surface area contributed by atoms with Gasteiger partial charge in [0.25, 0.3) is 0 Å². The number of hydrogen-bond donors (Lipinski definition) is 1. The van der Waals surface area contributed by atoms with Crippen LogP contribution in [-0.2, 0) is 11.4 Å². The van der Waals surface area contributed by atoms with Gasteiger partial charge in [0.2, 0.25) is 5.91 Å². The highest BCUT2D eigenvalue weighted by Gasteiger charge is 2.17. The Morgan fingerprint density at radius 3 is 2.34 bits per heavy atom. The van der Waals surface area contributed by atoms with Crippen molar-refractivity contribution in [3.05, 3.63) is 88.2 Å². The number of benzene rings is 3. The third kappa shape index (κ3) is 6.48. The highest BCUT2D eigenvalue weighted by Crippen LogP contribution is 2.26. The summed E-state index contributed by atoms with van der Waals surface area (Å²) < 4.78 is 13.0. The molecular weight excluding hydrogens is 507 g/mol. The molecule has 0 aliphatic carbocycles. The van der Waals surface area contributed by atoms with E-state index in [0.717, 1.165) is 17.0 Å². The van der Waals surface area contributed by atoms with Crippen LogP contribution >= 0.6 is 35.0 Å². The number of ether oxygens (including phenoxy) is 2. The zero-order chi connectivity index (χ0) is 24.8. The lowest BCUT2D eigenvalue weighted by molar-refractivity contribution is -0.113. The summed E-state index contributed by atoms with van der Waals surface area (Å²) in [5, 5.41) is 13.4. The van der Waals surface area contributed by atoms with Crippen LogP contribution in [0, 0.1) is 6.92 Å². The number of nitrogens with one attached hydrogen (secondary N) is 1. The van der Waals surface area contributed by atoms with Gasteiger partial charge in [0, 0.05) is 21.4 Å². The largest absolute Gasteiger partial charge is 0.497 e. The van der Waals surface area contributed by atoms with Crippen LogP contribution in [-0.4, -0.2) is 33.5 Å². The molecule has 4 rings (SSSR count). The number of aryl methyl sites for hydroxylation is 1. The van der Waals surface area contributed by atoms with Gasteiger partial charge in [0.15, 0.2) is 11.0 Å². The summed E-state index contributed by atoms with van der Waals surface area (Å²) in [5.41, 5.74) is 2.43. The van der Waals surface area contributed by atoms with Gasteiger partial charge >= 0.3 is 0 Å². The van der Waals surface area contributed by atoms with Gasteiger partial charge in [-0.1, -0.05) is 35.0 Å². The van der Waals surface area contributed by atoms with Gasteiger partial charge in [0.1, 0.15) is 18.1 Å². The Morgan fingerprint density at radius 1 is 0.971 bits per heavy atom. The Morgan fingerprint density at radius 2 is 1.66 bits per heavy atom. The van der Waals surface area contributed by atoms with Crippen LogP contribution in [0.1, 0.15) is 11.4 Å². The Labute approximate surface area is 217 Å². The van der Waals surface area contributed by atoms with E-state index < -0.39 is 0 Å². The van der Waals surface area contributed by atoms with E-state index in [1.54, 1.807) is 49.6 Å². The Bertz CT molecular complexity index is 1310. The van der Waals surface area contributed by atoms with Gasteiger partial charge in [-0.25, -0.2) is 0 Å². The molecule has 0 bridgehead atoms. The van der Waals surface area contributed by atoms with E-state index in [4.69, 9.17) is 32.7 Å². The van der Waals surface area contributed by atoms with Crippen LogP contribution in [0.15, 0.2) is 71.9 Å². The molecule has 0 atom stereocenters. The number of amides is 1. The Hall–Kier alpha value is -3.20. The number of thioether (sulfide) groups is 1. The summed E-state index contributed by atoms with van der Waals surface area (Å²) in [7, 11) is 1.61. The lowest BCUT2D eigenvalue weighted by atomic mass is 10.2. The number of carbonyl (C=O) groups excluding carboxylic acids is 1. The van der Waals surface area contributed by atoms with Crippen molar-refractivity contribution in [3.63, 3.8) is 0 Å². The molecule has 1 amide bonds. The molecule has 7 nitrogen and oxygen atoms in total. The zero-order valence-corrected chi connectivity index (χ0v) is 21.3. The predicted octanol–water partition coefficient (Wildman–Crippen LogP) is 6.20. The van der Waals surface area contributed by atoms with E-state index in [1.165, 1.54) is 11.8 Å². The van der Waals surface area contributed by atoms with Gasteiger partial charge < -0.3 is 14.8 Å². The number of aromatic nitrogens is 3. The minimum Gasteiger partial charge on any atom is -0.497 e. The van der Waals surface area contributed by atoms with Crippen molar-refractivity contribution in [2.45, 2.75) is 18.7 Å². The molecule has 1 aromatic heterocycles. The van der Waals surface area contributed by atoms with Crippen LogP contribution < -0.4 is 14.8 Å². The zero-order valence-electron chi connectivity index (χ0n) is 19.0. The molecule has 0 aliphatic rings. The Kier molecular flexibility index (Phi) is 8.17. The molecule has 0 radical (unpaired) electrons. The smallest absolute Gasteiger partial charge is 0.234 e. The first-order valence-corrected chi connectivity index (χ1v) is 12.3. The van der Waals surface area contributed by atoms with Gasteiger partial charge in [-0.2, -0.15) is 0 Å². The topological polar surface area (TPSA) is 78.3 Å². The van der Waals surface area contributed by atoms with Crippen molar-refractivity contribution in [1.29, 1.82) is 0 Å². The highest BCUT2D eigenvalue weighted by atomic mass is 35.5. The minimum atomic E-state index is -0.163. The lowest BCUT2D eigenvalue weighted by Gasteiger charge is -2.12. The van der Waals surface area contributed by atoms with Crippen molar-refractivity contribution in [2.75, 3.05) is 18.2 Å². The molecule has 1 heterocycles. The van der Waals surface area contributed by atoms with Crippen molar-refractivity contribution in [2.24, 2.45) is 0 Å². The molecule has 0 aliphatic heterocycles. The fourth-order valence-corrected chi connectivity index (χ4v) is 4.36. The van der Waals surface area contributed by atoms with Gasteiger partial charge in [0.05, 0.1) is 12.9 Å². The Balaban J connectivity index is 1.52. The number of methoxy groups -OCH3 is 1. The van der Waals surface area contributed by atoms with E-state index in [2.05, 4.69) is 15.5 Å². The molecular formula is C25H22Cl2N4O3S. The van der Waals surface area contributed by atoms with E-state index in [1.807, 2.05) is 35.8 Å². The first-order valence-electron chi connectivity index (χ1n) is 10.6. The molecule has 0 saturated carbocycles. The maximum atomic E-state index is 12.6. The number of carbonyl (C=O) groups is 1. The molecule has 35 heavy (non-hydrogen) atoms. The number of nitrogens with zero attached hydrogens (tertiary/aromatic N) is 3. The third-order valence-corrected chi connectivity index (χ3v) is 6.42. The van der Waals surface area contributed by atoms with E-state index >= 15 is 0 Å². The standard InChI is InChI=1S/C25H22Cl2N4O3S/c1-16-13-18(27)5-12-22(16)28-24(32)15-35-25-30-29-23(14-34-21-8-3-17(26)4-9-21)31(25)19-6-10-20(33-2)11-7-19/h3-13H,14-15H2,1-2H3,(H,28,32). The average Bonchev–Trinajstić information content (AvgIpc) is 3.27. The lowest BCUT2D eigenvalue weighted by Crippen LogP contribution is -2.15. The SMILES string of the molecule is COc1ccc(-n2c(COc3ccc(Cl)cc3)nnc2SCC(=O)Nc2ccc(Cl)cc2C)cc1. The summed E-state index contributed by atoms with van der Waals surface area (Å²) in [6.45, 7) is 2.07. The fourth-order valence-electron chi connectivity index (χ4n) is 3.24. The van der Waals surface area contributed by atoms with E-state index in [-0.39, 0.29) is 18.3 Å². The van der Waals surface area contributed by atoms with Gasteiger partial charge in [-0.3, -0.25) is 9.36 Å². The monoisotopic (exact) mass is 528 g/mol. The number of rotatable bonds is 9. The number of hydrogen-bond acceptors (Lipinski definition) is 6. The third-order valence-electron chi connectivity index (χ3n) is 5.01. The molecule has 1 N–H and O–H groups in total. The molecule has 3 aromatic carbocycles. The summed E-state index contributed by atoms with van der Waals surface area (Å²) >= 11 is 13.2. The van der Waals surface area contributed by atoms with Crippen LogP contribution in [0.25, 0.3) is 5.69 Å². The first-order chi connectivity index (χ1) is 16.9. The number of anilines is 1. The van der Waals surface area contributed by atoms with Crippen molar-refractivity contribution >= 4 is 46.6 Å². The van der Waals surface area contributed by atoms with Gasteiger partial charge in [-0.05, 0) is 79.2 Å². The van der Waals surface area contributed by atoms with Crippen molar-refractivity contribution in [3.8, 4) is 17.2 Å². The minimum absolute atomic E-state index is 0.147. The second-order valence-corrected chi connectivity index (χ2v) is 9.29. The van der Waals surface area contributed by atoms with E-state index in [0.29, 0.717) is 32.5 Å². The molecule has 10 heteroatoms. The van der Waals surface area contributed by atoms with Crippen molar-refractivity contribution in [1.82, 2.24) is 14.8 Å². The molecule has 4 aromatic rings. The second kappa shape index (κ2) is 11.5. The first kappa shape index (κ1) is 24.9. The van der Waals surface area contributed by atoms with Crippen LogP contribution in [0.5, 0.6) is 11.5 Å². The molecule has 0 spiro atoms. The summed E-state index contributed by atoms with van der Waals surface area (Å²) in [6.07, 6.45) is 0. The summed E-state index contributed by atoms with van der Waals surface area (Å²) in [5.74, 6) is 1.96. The average molecular weight is 529 g/mol. The predicted molar refractivity (Wildman–Crippen MR) is 139 cm³/mol. The van der Waals surface area contributed by atoms with E-state index in [9.17, 15) is 4.79 Å². The normalized spacial score (nSPS) is 10.7. The maximum Gasteiger partial charge on any atom is 0.234 e. The molecule has 180 valence electrons. The van der Waals surface area contributed by atoms with Gasteiger partial charge in [-0.15, -0.1) is 10.2 Å². The van der Waals surface area contributed by atoms with Crippen LogP contribution in [0.3, 0.4) is 0 Å². The number of halogens is 2.